The predicted molar refractivity (Wildman–Crippen MR) is 70.8 cm³/mol. The van der Waals surface area contributed by atoms with Crippen molar-refractivity contribution in [2.24, 2.45) is 0 Å². The Labute approximate surface area is 103 Å². The van der Waals surface area contributed by atoms with Gasteiger partial charge in [0, 0.05) is 12.1 Å². The number of benzene rings is 1. The zero-order valence-corrected chi connectivity index (χ0v) is 11.0. The van der Waals surface area contributed by atoms with Crippen molar-refractivity contribution in [3.8, 4) is 11.5 Å². The largest absolute Gasteiger partial charge is 0.497 e. The molecule has 0 aliphatic heterocycles. The molecule has 0 heterocycles. The van der Waals surface area contributed by atoms with E-state index >= 15 is 0 Å². The van der Waals surface area contributed by atoms with E-state index < -0.39 is 0 Å². The quantitative estimate of drug-likeness (QED) is 0.769. The summed E-state index contributed by atoms with van der Waals surface area (Å²) in [5, 5.41) is 3.28. The number of methoxy groups -OCH3 is 2. The van der Waals surface area contributed by atoms with E-state index in [-0.39, 0.29) is 6.04 Å². The maximum atomic E-state index is 5.27. The molecular formula is C14H21NO2. The maximum absolute atomic E-state index is 5.27. The molecule has 0 bridgehead atoms. The lowest BCUT2D eigenvalue weighted by Crippen LogP contribution is -2.16. The Morgan fingerprint density at radius 2 is 1.76 bits per heavy atom. The molecule has 1 atom stereocenters. The topological polar surface area (TPSA) is 30.5 Å². The second kappa shape index (κ2) is 6.30. The number of rotatable bonds is 6. The Hall–Kier alpha value is -1.48. The van der Waals surface area contributed by atoms with E-state index in [1.54, 1.807) is 14.2 Å². The SMILES string of the molecule is C=C(C)CC(NC)c1cc(OC)cc(OC)c1. The molecule has 1 aromatic rings. The standard InChI is InChI=1S/C14H21NO2/c1-10(2)6-14(15-3)11-7-12(16-4)9-13(8-11)17-5/h7-9,14-15H,1,6H2,2-5H3. The lowest BCUT2D eigenvalue weighted by Gasteiger charge is -2.18. The van der Waals surface area contributed by atoms with Crippen molar-refractivity contribution < 1.29 is 9.47 Å². The van der Waals surface area contributed by atoms with Gasteiger partial charge in [-0.05, 0) is 38.1 Å². The fraction of sp³-hybridized carbons (Fsp3) is 0.429. The number of hydrogen-bond donors (Lipinski definition) is 1. The third kappa shape index (κ3) is 3.79. The maximum Gasteiger partial charge on any atom is 0.122 e. The molecule has 0 spiro atoms. The first-order valence-corrected chi connectivity index (χ1v) is 5.65. The van der Waals surface area contributed by atoms with Gasteiger partial charge in [-0.2, -0.15) is 0 Å². The first-order valence-electron chi connectivity index (χ1n) is 5.65. The third-order valence-electron chi connectivity index (χ3n) is 2.68. The van der Waals surface area contributed by atoms with E-state index in [4.69, 9.17) is 9.47 Å². The fourth-order valence-electron chi connectivity index (χ4n) is 1.77. The van der Waals surface area contributed by atoms with Gasteiger partial charge < -0.3 is 14.8 Å². The van der Waals surface area contributed by atoms with E-state index in [2.05, 4.69) is 11.9 Å². The second-order valence-corrected chi connectivity index (χ2v) is 4.15. The summed E-state index contributed by atoms with van der Waals surface area (Å²) in [7, 11) is 5.26. The van der Waals surface area contributed by atoms with E-state index in [0.717, 1.165) is 29.1 Å². The molecule has 1 rings (SSSR count). The summed E-state index contributed by atoms with van der Waals surface area (Å²) in [6.45, 7) is 5.98. The number of ether oxygens (including phenoxy) is 2. The van der Waals surface area contributed by atoms with Crippen LogP contribution in [-0.2, 0) is 0 Å². The van der Waals surface area contributed by atoms with Crippen LogP contribution in [0.1, 0.15) is 24.9 Å². The van der Waals surface area contributed by atoms with Gasteiger partial charge in [0.1, 0.15) is 11.5 Å². The van der Waals surface area contributed by atoms with Gasteiger partial charge in [0.2, 0.25) is 0 Å². The predicted octanol–water partition coefficient (Wildman–Crippen LogP) is 2.93. The molecular weight excluding hydrogens is 214 g/mol. The van der Waals surface area contributed by atoms with Crippen molar-refractivity contribution in [2.75, 3.05) is 21.3 Å². The van der Waals surface area contributed by atoms with Crippen molar-refractivity contribution in [3.63, 3.8) is 0 Å². The van der Waals surface area contributed by atoms with Gasteiger partial charge in [-0.3, -0.25) is 0 Å². The molecule has 0 fully saturated rings. The van der Waals surface area contributed by atoms with Crippen LogP contribution in [0, 0.1) is 0 Å². The van der Waals surface area contributed by atoms with Crippen LogP contribution >= 0.6 is 0 Å². The Morgan fingerprint density at radius 3 is 2.12 bits per heavy atom. The minimum atomic E-state index is 0.233. The summed E-state index contributed by atoms with van der Waals surface area (Å²) < 4.78 is 10.5. The smallest absolute Gasteiger partial charge is 0.122 e. The van der Waals surface area contributed by atoms with Crippen molar-refractivity contribution in [1.82, 2.24) is 5.32 Å². The molecule has 0 amide bonds. The summed E-state index contributed by atoms with van der Waals surface area (Å²) in [5.74, 6) is 1.61. The second-order valence-electron chi connectivity index (χ2n) is 4.15. The van der Waals surface area contributed by atoms with Gasteiger partial charge in [0.05, 0.1) is 14.2 Å². The molecule has 0 aromatic heterocycles. The lowest BCUT2D eigenvalue weighted by molar-refractivity contribution is 0.392. The molecule has 94 valence electrons. The van der Waals surface area contributed by atoms with Crippen molar-refractivity contribution in [3.05, 3.63) is 35.9 Å². The fourth-order valence-corrected chi connectivity index (χ4v) is 1.77. The van der Waals surface area contributed by atoms with E-state index in [1.807, 2.05) is 32.2 Å². The van der Waals surface area contributed by atoms with Crippen LogP contribution in [0.15, 0.2) is 30.4 Å². The van der Waals surface area contributed by atoms with Crippen LogP contribution in [0.2, 0.25) is 0 Å². The molecule has 0 aliphatic rings. The molecule has 3 nitrogen and oxygen atoms in total. The normalized spacial score (nSPS) is 12.0. The highest BCUT2D eigenvalue weighted by Gasteiger charge is 2.12. The molecule has 17 heavy (non-hydrogen) atoms. The summed E-state index contributed by atoms with van der Waals surface area (Å²) in [4.78, 5) is 0. The molecule has 0 saturated heterocycles. The molecule has 0 aliphatic carbocycles. The summed E-state index contributed by atoms with van der Waals surface area (Å²) in [6.07, 6.45) is 0.896. The first-order chi connectivity index (χ1) is 8.10. The summed E-state index contributed by atoms with van der Waals surface area (Å²) in [6, 6.07) is 6.15. The zero-order valence-electron chi connectivity index (χ0n) is 11.0. The van der Waals surface area contributed by atoms with Crippen LogP contribution in [-0.4, -0.2) is 21.3 Å². The first kappa shape index (κ1) is 13.6. The highest BCUT2D eigenvalue weighted by molar-refractivity contribution is 5.40. The van der Waals surface area contributed by atoms with Gasteiger partial charge >= 0.3 is 0 Å². The number of hydrogen-bond acceptors (Lipinski definition) is 3. The van der Waals surface area contributed by atoms with E-state index in [1.165, 1.54) is 0 Å². The molecule has 3 heteroatoms. The van der Waals surface area contributed by atoms with Gasteiger partial charge in [-0.1, -0.05) is 5.57 Å². The molecule has 1 unspecified atom stereocenters. The Morgan fingerprint density at radius 1 is 1.24 bits per heavy atom. The van der Waals surface area contributed by atoms with Crippen molar-refractivity contribution in [2.45, 2.75) is 19.4 Å². The Bertz CT molecular complexity index is 366. The lowest BCUT2D eigenvalue weighted by atomic mass is 10.00. The Balaban J connectivity index is 3.04. The summed E-state index contributed by atoms with van der Waals surface area (Å²) in [5.41, 5.74) is 2.29. The van der Waals surface area contributed by atoms with Gasteiger partial charge in [0.25, 0.3) is 0 Å². The van der Waals surface area contributed by atoms with E-state index in [9.17, 15) is 0 Å². The highest BCUT2D eigenvalue weighted by atomic mass is 16.5. The van der Waals surface area contributed by atoms with Crippen LogP contribution in [0.5, 0.6) is 11.5 Å². The van der Waals surface area contributed by atoms with Gasteiger partial charge in [-0.15, -0.1) is 6.58 Å². The monoisotopic (exact) mass is 235 g/mol. The average molecular weight is 235 g/mol. The third-order valence-corrected chi connectivity index (χ3v) is 2.68. The molecule has 0 saturated carbocycles. The zero-order chi connectivity index (χ0) is 12.8. The average Bonchev–Trinajstić information content (AvgIpc) is 2.34. The van der Waals surface area contributed by atoms with Gasteiger partial charge in [0.15, 0.2) is 0 Å². The van der Waals surface area contributed by atoms with Crippen LogP contribution in [0.3, 0.4) is 0 Å². The van der Waals surface area contributed by atoms with Crippen LogP contribution < -0.4 is 14.8 Å². The highest BCUT2D eigenvalue weighted by Crippen LogP contribution is 2.28. The number of nitrogens with one attached hydrogen (secondary N) is 1. The molecule has 0 radical (unpaired) electrons. The minimum Gasteiger partial charge on any atom is -0.497 e. The minimum absolute atomic E-state index is 0.233. The summed E-state index contributed by atoms with van der Waals surface area (Å²) >= 11 is 0. The van der Waals surface area contributed by atoms with Gasteiger partial charge in [-0.25, -0.2) is 0 Å². The molecule has 1 N–H and O–H groups in total. The van der Waals surface area contributed by atoms with Crippen molar-refractivity contribution >= 4 is 0 Å². The van der Waals surface area contributed by atoms with E-state index in [0.29, 0.717) is 0 Å². The molecule has 1 aromatic carbocycles. The van der Waals surface area contributed by atoms with Crippen LogP contribution in [0.25, 0.3) is 0 Å². The van der Waals surface area contributed by atoms with Crippen molar-refractivity contribution in [1.29, 1.82) is 0 Å². The van der Waals surface area contributed by atoms with Crippen LogP contribution in [0.4, 0.5) is 0 Å². The Kier molecular flexibility index (Phi) is 5.04.